The lowest BCUT2D eigenvalue weighted by Crippen LogP contribution is -1.70. The average molecular weight is 156 g/mol. The number of aliphatic imine (C=N–C) groups is 1. The normalized spacial score (nSPS) is 12.8. The minimum Gasteiger partial charge on any atom is -0.242 e. The van der Waals surface area contributed by atoms with Crippen LogP contribution in [-0.2, 0) is 0 Å². The lowest BCUT2D eigenvalue weighted by atomic mass is 11.1. The highest BCUT2D eigenvalue weighted by atomic mass is 35.5. The molecule has 0 aromatic rings. The first-order chi connectivity index (χ1) is 2.89. The number of carbonyl (C=O) groups is 1. The molecule has 0 N–H and O–H groups in total. The van der Waals surface area contributed by atoms with Gasteiger partial charge in [-0.25, -0.2) is 4.79 Å². The molecule has 0 saturated carbocycles. The summed E-state index contributed by atoms with van der Waals surface area (Å²) in [6, 6.07) is -0.519. The summed E-state index contributed by atoms with van der Waals surface area (Å²) in [6.07, 6.45) is 1.11. The van der Waals surface area contributed by atoms with Crippen LogP contribution in [0, 0.1) is 0 Å². The Hall–Kier alpha value is -0.480. The molecule has 2 amide bonds. The van der Waals surface area contributed by atoms with Gasteiger partial charge in [0.25, 0.3) is 0 Å². The fourth-order valence-electron chi connectivity index (χ4n) is 0.176. The van der Waals surface area contributed by atoms with Crippen LogP contribution in [0.25, 0.3) is 0 Å². The zero-order chi connectivity index (χ0) is 4.41. The molecule has 0 aromatic carbocycles. The Morgan fingerprint density at radius 3 is 2.12 bits per heavy atom. The van der Waals surface area contributed by atoms with E-state index in [4.69, 9.17) is 0 Å². The van der Waals surface area contributed by atoms with Gasteiger partial charge >= 0.3 is 6.03 Å². The Labute approximate surface area is 57.9 Å². The van der Waals surface area contributed by atoms with E-state index >= 15 is 0 Å². The van der Waals surface area contributed by atoms with E-state index in [0.717, 1.165) is 6.34 Å². The predicted molar refractivity (Wildman–Crippen MR) is 33.2 cm³/mol. The lowest BCUT2D eigenvalue weighted by molar-refractivity contribution is 0.257. The number of azo groups is 1. The molecule has 46 valence electrons. The standard InChI is InChI=1S/C2HN3O.2ClH/c6-2-3-1-4-5-2;;/h1H;2*1H. The number of carbonyl (C=O) groups excluding carboxylic acids is 1. The molecule has 0 spiro atoms. The number of urea groups is 1. The van der Waals surface area contributed by atoms with Crippen molar-refractivity contribution in [2.75, 3.05) is 0 Å². The van der Waals surface area contributed by atoms with Gasteiger partial charge in [0, 0.05) is 0 Å². The summed E-state index contributed by atoms with van der Waals surface area (Å²) < 4.78 is 0. The smallest absolute Gasteiger partial charge is 0.242 e. The fourth-order valence-corrected chi connectivity index (χ4v) is 0.176. The summed E-state index contributed by atoms with van der Waals surface area (Å²) in [4.78, 5) is 12.9. The van der Waals surface area contributed by atoms with Gasteiger partial charge < -0.3 is 0 Å². The third kappa shape index (κ3) is 2.65. The Kier molecular flexibility index (Phi) is 6.13. The van der Waals surface area contributed by atoms with Crippen LogP contribution in [0.3, 0.4) is 0 Å². The molecule has 1 rings (SSSR count). The molecular formula is C2H3Cl2N3O. The van der Waals surface area contributed by atoms with Crippen molar-refractivity contribution in [2.45, 2.75) is 0 Å². The fraction of sp³-hybridized carbons (Fsp3) is 0. The Bertz CT molecular complexity index is 117. The molecule has 1 heterocycles. The molecule has 0 fully saturated rings. The summed E-state index contributed by atoms with van der Waals surface area (Å²) >= 11 is 0. The molecule has 0 radical (unpaired) electrons. The SMILES string of the molecule is Cl.Cl.O=C1N=CN=N1. The maximum Gasteiger partial charge on any atom is 0.387 e. The van der Waals surface area contributed by atoms with E-state index < -0.39 is 6.03 Å². The molecule has 1 aliphatic rings. The topological polar surface area (TPSA) is 54.1 Å². The quantitative estimate of drug-likeness (QED) is 0.523. The zero-order valence-corrected chi connectivity index (χ0v) is 5.28. The van der Waals surface area contributed by atoms with E-state index in [1.807, 2.05) is 0 Å². The Morgan fingerprint density at radius 2 is 2.00 bits per heavy atom. The van der Waals surface area contributed by atoms with Crippen LogP contribution < -0.4 is 0 Å². The number of hydrogen-bond donors (Lipinski definition) is 0. The minimum atomic E-state index is -0.519. The first-order valence-corrected chi connectivity index (χ1v) is 1.37. The first kappa shape index (κ1) is 10.5. The second kappa shape index (κ2) is 4.67. The molecule has 6 heteroatoms. The average Bonchev–Trinajstić information content (AvgIpc) is 1.86. The highest BCUT2D eigenvalue weighted by Crippen LogP contribution is 1.87. The van der Waals surface area contributed by atoms with E-state index in [2.05, 4.69) is 15.2 Å². The van der Waals surface area contributed by atoms with E-state index in [0.29, 0.717) is 0 Å². The summed E-state index contributed by atoms with van der Waals surface area (Å²) in [6.45, 7) is 0. The molecular weight excluding hydrogens is 153 g/mol. The van der Waals surface area contributed by atoms with Crippen molar-refractivity contribution in [3.8, 4) is 0 Å². The molecule has 0 atom stereocenters. The van der Waals surface area contributed by atoms with Crippen molar-refractivity contribution in [1.82, 2.24) is 0 Å². The maximum atomic E-state index is 9.78. The van der Waals surface area contributed by atoms with Crippen LogP contribution >= 0.6 is 24.8 Å². The molecule has 0 aliphatic carbocycles. The van der Waals surface area contributed by atoms with Crippen molar-refractivity contribution in [2.24, 2.45) is 15.2 Å². The zero-order valence-electron chi connectivity index (χ0n) is 3.64. The summed E-state index contributed by atoms with van der Waals surface area (Å²) in [5.74, 6) is 0. The van der Waals surface area contributed by atoms with E-state index in [-0.39, 0.29) is 24.8 Å². The van der Waals surface area contributed by atoms with Crippen LogP contribution in [-0.4, -0.2) is 12.4 Å². The van der Waals surface area contributed by atoms with E-state index in [1.165, 1.54) is 0 Å². The van der Waals surface area contributed by atoms with E-state index in [1.54, 1.807) is 0 Å². The van der Waals surface area contributed by atoms with Crippen molar-refractivity contribution in [3.05, 3.63) is 0 Å². The third-order valence-corrected chi connectivity index (χ3v) is 0.363. The highest BCUT2D eigenvalue weighted by molar-refractivity contribution is 5.87. The summed E-state index contributed by atoms with van der Waals surface area (Å²) in [5, 5.41) is 6.15. The van der Waals surface area contributed by atoms with Crippen LogP contribution in [0.5, 0.6) is 0 Å². The lowest BCUT2D eigenvalue weighted by Gasteiger charge is -1.58. The third-order valence-electron chi connectivity index (χ3n) is 0.363. The van der Waals surface area contributed by atoms with Crippen LogP contribution in [0.2, 0.25) is 0 Å². The van der Waals surface area contributed by atoms with Gasteiger partial charge in [-0.1, -0.05) is 5.11 Å². The Balaban J connectivity index is 0. The maximum absolute atomic E-state index is 9.78. The number of rotatable bonds is 0. The number of amides is 2. The van der Waals surface area contributed by atoms with Crippen molar-refractivity contribution in [3.63, 3.8) is 0 Å². The van der Waals surface area contributed by atoms with Gasteiger partial charge in [0.1, 0.15) is 6.34 Å². The minimum absolute atomic E-state index is 0. The molecule has 0 bridgehead atoms. The van der Waals surface area contributed by atoms with Crippen molar-refractivity contribution in [1.29, 1.82) is 0 Å². The second-order valence-electron chi connectivity index (χ2n) is 0.743. The van der Waals surface area contributed by atoms with Crippen LogP contribution in [0.1, 0.15) is 0 Å². The van der Waals surface area contributed by atoms with Gasteiger partial charge in [0.15, 0.2) is 0 Å². The molecule has 1 aliphatic heterocycles. The largest absolute Gasteiger partial charge is 0.387 e. The summed E-state index contributed by atoms with van der Waals surface area (Å²) in [7, 11) is 0. The predicted octanol–water partition coefficient (Wildman–Crippen LogP) is 1.44. The van der Waals surface area contributed by atoms with E-state index in [9.17, 15) is 4.79 Å². The Morgan fingerprint density at radius 1 is 1.38 bits per heavy atom. The molecule has 0 unspecified atom stereocenters. The molecule has 8 heavy (non-hydrogen) atoms. The highest BCUT2D eigenvalue weighted by Gasteiger charge is 1.93. The second-order valence-corrected chi connectivity index (χ2v) is 0.743. The monoisotopic (exact) mass is 155 g/mol. The van der Waals surface area contributed by atoms with Crippen molar-refractivity contribution < 1.29 is 4.79 Å². The number of hydrogen-bond acceptors (Lipinski definition) is 2. The summed E-state index contributed by atoms with van der Waals surface area (Å²) in [5.41, 5.74) is 0. The van der Waals surface area contributed by atoms with Gasteiger partial charge in [-0.3, -0.25) is 0 Å². The number of halogens is 2. The van der Waals surface area contributed by atoms with Crippen molar-refractivity contribution >= 4 is 37.2 Å². The molecule has 4 nitrogen and oxygen atoms in total. The molecule has 0 aromatic heterocycles. The van der Waals surface area contributed by atoms with Gasteiger partial charge in [0.05, 0.1) is 0 Å². The van der Waals surface area contributed by atoms with Gasteiger partial charge in [-0.2, -0.15) is 4.99 Å². The molecule has 0 saturated heterocycles. The van der Waals surface area contributed by atoms with Gasteiger partial charge in [-0.05, 0) is 0 Å². The first-order valence-electron chi connectivity index (χ1n) is 1.37. The number of nitrogens with zero attached hydrogens (tertiary/aromatic N) is 3. The van der Waals surface area contributed by atoms with Gasteiger partial charge in [0.2, 0.25) is 0 Å². The van der Waals surface area contributed by atoms with Crippen LogP contribution in [0.15, 0.2) is 15.2 Å². The van der Waals surface area contributed by atoms with Gasteiger partial charge in [-0.15, -0.1) is 29.9 Å². The van der Waals surface area contributed by atoms with Crippen LogP contribution in [0.4, 0.5) is 4.79 Å².